The summed E-state index contributed by atoms with van der Waals surface area (Å²) in [6, 6.07) is 6.49. The molecule has 2 aliphatic rings. The molecule has 4 rings (SSSR count). The van der Waals surface area contributed by atoms with Gasteiger partial charge in [0, 0.05) is 40.5 Å². The molecule has 4 N–H and O–H groups in total. The van der Waals surface area contributed by atoms with Crippen LogP contribution in [0, 0.1) is 6.92 Å². The molecule has 7 nitrogen and oxygen atoms in total. The number of thiophene rings is 1. The minimum atomic E-state index is -0.184. The molecule has 0 bridgehead atoms. The topological polar surface area (TPSA) is 91.0 Å². The van der Waals surface area contributed by atoms with Crippen LogP contribution >= 0.6 is 11.3 Å². The molecule has 3 heterocycles. The molecule has 2 aromatic heterocycles. The minimum absolute atomic E-state index is 0.0790. The molecule has 26 heavy (non-hydrogen) atoms. The molecule has 2 atom stereocenters. The predicted molar refractivity (Wildman–Crippen MR) is 102 cm³/mol. The standard InChI is InChI=1S/C18H24N6OS/c1-10-3-4-16(26-10)14-7-15(24-23-14)18(25)22-12-5-11(6-12)13-8-17(19-2)21-9-20-13/h3-4,8-9,11-12,14-15,23-24H,5-7H2,1-2H3,(H,22,25)(H,19,20,21). The van der Waals surface area contributed by atoms with E-state index in [-0.39, 0.29) is 24.0 Å². The summed E-state index contributed by atoms with van der Waals surface area (Å²) in [7, 11) is 1.85. The van der Waals surface area contributed by atoms with Crippen molar-refractivity contribution in [2.75, 3.05) is 12.4 Å². The van der Waals surface area contributed by atoms with Gasteiger partial charge in [-0.05, 0) is 38.3 Å². The molecule has 2 fully saturated rings. The molecule has 1 aliphatic heterocycles. The molecule has 0 radical (unpaired) electrons. The van der Waals surface area contributed by atoms with Crippen molar-refractivity contribution in [2.45, 2.75) is 50.2 Å². The number of hydrogen-bond acceptors (Lipinski definition) is 7. The fraction of sp³-hybridized carbons (Fsp3) is 0.500. The van der Waals surface area contributed by atoms with Crippen LogP contribution in [0.5, 0.6) is 0 Å². The maximum absolute atomic E-state index is 12.5. The van der Waals surface area contributed by atoms with Gasteiger partial charge in [0.2, 0.25) is 5.91 Å². The van der Waals surface area contributed by atoms with Crippen LogP contribution in [0.25, 0.3) is 0 Å². The Balaban J connectivity index is 1.26. The lowest BCUT2D eigenvalue weighted by atomic mass is 9.78. The second kappa shape index (κ2) is 7.30. The van der Waals surface area contributed by atoms with Crippen LogP contribution in [0.1, 0.15) is 46.7 Å². The van der Waals surface area contributed by atoms with Gasteiger partial charge in [0.05, 0.1) is 6.04 Å². The van der Waals surface area contributed by atoms with Crippen LogP contribution in [-0.2, 0) is 4.79 Å². The number of amides is 1. The van der Waals surface area contributed by atoms with Gasteiger partial charge < -0.3 is 10.6 Å². The highest BCUT2D eigenvalue weighted by Gasteiger charge is 2.36. The van der Waals surface area contributed by atoms with Crippen molar-refractivity contribution in [3.8, 4) is 0 Å². The van der Waals surface area contributed by atoms with Crippen LogP contribution in [0.2, 0.25) is 0 Å². The summed E-state index contributed by atoms with van der Waals surface area (Å²) in [4.78, 5) is 23.6. The van der Waals surface area contributed by atoms with Crippen molar-refractivity contribution in [2.24, 2.45) is 0 Å². The molecule has 0 aromatic carbocycles. The molecule has 1 amide bonds. The summed E-state index contributed by atoms with van der Waals surface area (Å²) in [5, 5.41) is 6.20. The van der Waals surface area contributed by atoms with Crippen molar-refractivity contribution < 1.29 is 4.79 Å². The second-order valence-corrected chi connectivity index (χ2v) is 8.35. The summed E-state index contributed by atoms with van der Waals surface area (Å²) in [6.45, 7) is 2.10. The van der Waals surface area contributed by atoms with Crippen LogP contribution in [0.3, 0.4) is 0 Å². The summed E-state index contributed by atoms with van der Waals surface area (Å²) >= 11 is 1.78. The summed E-state index contributed by atoms with van der Waals surface area (Å²) < 4.78 is 0. The first-order chi connectivity index (χ1) is 12.6. The van der Waals surface area contributed by atoms with Gasteiger partial charge in [-0.1, -0.05) is 0 Å². The minimum Gasteiger partial charge on any atom is -0.373 e. The average molecular weight is 372 g/mol. The molecule has 2 unspecified atom stereocenters. The Hall–Kier alpha value is -2.03. The van der Waals surface area contributed by atoms with E-state index in [0.717, 1.165) is 30.8 Å². The summed E-state index contributed by atoms with van der Waals surface area (Å²) in [5.41, 5.74) is 7.44. The quantitative estimate of drug-likeness (QED) is 0.640. The summed E-state index contributed by atoms with van der Waals surface area (Å²) in [5.74, 6) is 1.31. The van der Waals surface area contributed by atoms with E-state index in [1.807, 2.05) is 13.1 Å². The van der Waals surface area contributed by atoms with Gasteiger partial charge in [0.25, 0.3) is 0 Å². The van der Waals surface area contributed by atoms with Gasteiger partial charge in [0.15, 0.2) is 0 Å². The van der Waals surface area contributed by atoms with Crippen LogP contribution in [0.4, 0.5) is 5.82 Å². The molecule has 2 aromatic rings. The fourth-order valence-electron chi connectivity index (χ4n) is 3.57. The van der Waals surface area contributed by atoms with E-state index in [4.69, 9.17) is 0 Å². The van der Waals surface area contributed by atoms with Gasteiger partial charge in [-0.15, -0.1) is 11.3 Å². The van der Waals surface area contributed by atoms with E-state index in [2.05, 4.69) is 50.5 Å². The highest BCUT2D eigenvalue weighted by atomic mass is 32.1. The number of carbonyl (C=O) groups is 1. The maximum Gasteiger partial charge on any atom is 0.238 e. The van der Waals surface area contributed by atoms with Crippen molar-refractivity contribution in [1.82, 2.24) is 26.1 Å². The zero-order chi connectivity index (χ0) is 18.1. The number of carbonyl (C=O) groups excluding carboxylic acids is 1. The van der Waals surface area contributed by atoms with Crippen molar-refractivity contribution in [1.29, 1.82) is 0 Å². The highest BCUT2D eigenvalue weighted by Crippen LogP contribution is 2.36. The highest BCUT2D eigenvalue weighted by molar-refractivity contribution is 7.12. The van der Waals surface area contributed by atoms with Crippen molar-refractivity contribution in [3.63, 3.8) is 0 Å². The van der Waals surface area contributed by atoms with Crippen molar-refractivity contribution in [3.05, 3.63) is 40.0 Å². The lowest BCUT2D eigenvalue weighted by Gasteiger charge is -2.36. The second-order valence-electron chi connectivity index (χ2n) is 7.03. The Kier molecular flexibility index (Phi) is 4.88. The van der Waals surface area contributed by atoms with Gasteiger partial charge in [0.1, 0.15) is 18.2 Å². The van der Waals surface area contributed by atoms with E-state index in [1.165, 1.54) is 9.75 Å². The number of rotatable bonds is 5. The van der Waals surface area contributed by atoms with E-state index in [9.17, 15) is 4.79 Å². The number of hydrogen-bond donors (Lipinski definition) is 4. The molecular formula is C18H24N6OS. The van der Waals surface area contributed by atoms with E-state index in [1.54, 1.807) is 17.7 Å². The van der Waals surface area contributed by atoms with Crippen LogP contribution in [0.15, 0.2) is 24.5 Å². The average Bonchev–Trinajstić information content (AvgIpc) is 3.26. The fourth-order valence-corrected chi connectivity index (χ4v) is 4.51. The first-order valence-corrected chi connectivity index (χ1v) is 9.81. The number of aromatic nitrogens is 2. The molecule has 1 aliphatic carbocycles. The first-order valence-electron chi connectivity index (χ1n) is 9.00. The third-order valence-electron chi connectivity index (χ3n) is 5.17. The zero-order valence-corrected chi connectivity index (χ0v) is 15.8. The number of anilines is 1. The third kappa shape index (κ3) is 3.58. The Morgan fingerprint density at radius 2 is 2.08 bits per heavy atom. The maximum atomic E-state index is 12.5. The molecular weight excluding hydrogens is 348 g/mol. The molecule has 1 saturated heterocycles. The molecule has 8 heteroatoms. The largest absolute Gasteiger partial charge is 0.373 e. The molecule has 0 spiro atoms. The normalized spacial score (nSPS) is 27.8. The Morgan fingerprint density at radius 3 is 2.81 bits per heavy atom. The van der Waals surface area contributed by atoms with Crippen LogP contribution < -0.4 is 21.5 Å². The smallest absolute Gasteiger partial charge is 0.238 e. The summed E-state index contributed by atoms with van der Waals surface area (Å²) in [6.07, 6.45) is 4.23. The van der Waals surface area contributed by atoms with Gasteiger partial charge >= 0.3 is 0 Å². The number of aryl methyl sites for hydroxylation is 1. The lowest BCUT2D eigenvalue weighted by Crippen LogP contribution is -2.50. The zero-order valence-electron chi connectivity index (χ0n) is 15.0. The van der Waals surface area contributed by atoms with E-state index in [0.29, 0.717) is 5.92 Å². The predicted octanol–water partition coefficient (Wildman–Crippen LogP) is 1.86. The first kappa shape index (κ1) is 17.4. The number of hydrazine groups is 1. The SMILES string of the molecule is CNc1cc(C2CC(NC(=O)C3CC(c4ccc(C)s4)NN3)C2)ncn1. The van der Waals surface area contributed by atoms with E-state index >= 15 is 0 Å². The van der Waals surface area contributed by atoms with Gasteiger partial charge in [-0.3, -0.25) is 4.79 Å². The van der Waals surface area contributed by atoms with Crippen LogP contribution in [-0.4, -0.2) is 35.0 Å². The lowest BCUT2D eigenvalue weighted by molar-refractivity contribution is -0.124. The molecule has 138 valence electrons. The monoisotopic (exact) mass is 372 g/mol. The third-order valence-corrected chi connectivity index (χ3v) is 6.29. The molecule has 1 saturated carbocycles. The Bertz CT molecular complexity index is 787. The van der Waals surface area contributed by atoms with Gasteiger partial charge in [-0.25, -0.2) is 20.8 Å². The Morgan fingerprint density at radius 1 is 1.23 bits per heavy atom. The van der Waals surface area contributed by atoms with Crippen molar-refractivity contribution >= 4 is 23.1 Å². The number of nitrogens with one attached hydrogen (secondary N) is 4. The van der Waals surface area contributed by atoms with Gasteiger partial charge in [-0.2, -0.15) is 0 Å². The van der Waals surface area contributed by atoms with E-state index < -0.39 is 0 Å². The number of nitrogens with zero attached hydrogens (tertiary/aromatic N) is 2. The Labute approximate surface area is 157 Å².